The van der Waals surface area contributed by atoms with Crippen LogP contribution in [0.4, 0.5) is 11.8 Å². The second-order valence-electron chi connectivity index (χ2n) is 6.92. The van der Waals surface area contributed by atoms with Crippen molar-refractivity contribution < 1.29 is 9.84 Å². The molecule has 2 N–H and O–H groups in total. The van der Waals surface area contributed by atoms with Crippen molar-refractivity contribution in [3.63, 3.8) is 0 Å². The zero-order chi connectivity index (χ0) is 18.8. The van der Waals surface area contributed by atoms with Crippen LogP contribution >= 0.6 is 23.1 Å². The first kappa shape index (κ1) is 18.8. The number of aromatic nitrogens is 3. The van der Waals surface area contributed by atoms with Gasteiger partial charge in [-0.2, -0.15) is 9.36 Å². The maximum absolute atomic E-state index is 10.1. The summed E-state index contributed by atoms with van der Waals surface area (Å²) in [5.74, 6) is 1.42. The van der Waals surface area contributed by atoms with Gasteiger partial charge in [-0.3, -0.25) is 0 Å². The van der Waals surface area contributed by atoms with Gasteiger partial charge >= 0.3 is 0 Å². The number of aliphatic hydroxyl groups is 1. The zero-order valence-corrected chi connectivity index (χ0v) is 16.7. The third kappa shape index (κ3) is 4.33. The monoisotopic (exact) mass is 410 g/mol. The number of nitrogens with one attached hydrogen (secondary N) is 1. The lowest BCUT2D eigenvalue weighted by Gasteiger charge is -2.31. The van der Waals surface area contributed by atoms with Crippen LogP contribution in [-0.2, 0) is 4.74 Å². The average Bonchev–Trinajstić information content (AvgIpc) is 3.15. The molecule has 0 radical (unpaired) electrons. The molecule has 2 aliphatic rings. The number of ether oxygens (including phenoxy) is 1. The quantitative estimate of drug-likeness (QED) is 0.785. The van der Waals surface area contributed by atoms with E-state index in [2.05, 4.69) is 31.5 Å². The van der Waals surface area contributed by atoms with Crippen LogP contribution in [0.5, 0.6) is 0 Å². The SMILES string of the molecule is CN1CCN(c2nsc(-c3cc(N[C@@H]4CCOC[C@H]4O)ncc3Cl)n2)CC1. The summed E-state index contributed by atoms with van der Waals surface area (Å²) in [5.41, 5.74) is 0.800. The van der Waals surface area contributed by atoms with E-state index in [0.29, 0.717) is 24.1 Å². The van der Waals surface area contributed by atoms with Crippen molar-refractivity contribution in [1.29, 1.82) is 0 Å². The summed E-state index contributed by atoms with van der Waals surface area (Å²) < 4.78 is 9.79. The summed E-state index contributed by atoms with van der Waals surface area (Å²) in [5, 5.41) is 14.7. The van der Waals surface area contributed by atoms with E-state index in [9.17, 15) is 5.11 Å². The molecule has 2 aromatic rings. The maximum Gasteiger partial charge on any atom is 0.237 e. The molecule has 2 fully saturated rings. The van der Waals surface area contributed by atoms with Crippen molar-refractivity contribution in [3.8, 4) is 10.6 Å². The summed E-state index contributed by atoms with van der Waals surface area (Å²) in [6, 6.07) is 1.79. The highest BCUT2D eigenvalue weighted by atomic mass is 35.5. The van der Waals surface area contributed by atoms with Crippen LogP contribution in [0.15, 0.2) is 12.3 Å². The van der Waals surface area contributed by atoms with E-state index in [-0.39, 0.29) is 6.04 Å². The number of aliphatic hydroxyl groups excluding tert-OH is 1. The van der Waals surface area contributed by atoms with Crippen molar-refractivity contribution in [2.75, 3.05) is 56.7 Å². The first-order chi connectivity index (χ1) is 13.1. The fraction of sp³-hybridized carbons (Fsp3) is 0.588. The predicted octanol–water partition coefficient (Wildman–Crippen LogP) is 1.57. The Hall–Kier alpha value is -1.52. The number of halogens is 1. The molecule has 146 valence electrons. The van der Waals surface area contributed by atoms with E-state index >= 15 is 0 Å². The van der Waals surface area contributed by atoms with Crippen molar-refractivity contribution in [2.45, 2.75) is 18.6 Å². The van der Waals surface area contributed by atoms with Crippen LogP contribution < -0.4 is 10.2 Å². The molecule has 2 aliphatic heterocycles. The maximum atomic E-state index is 10.1. The van der Waals surface area contributed by atoms with Crippen molar-refractivity contribution in [2.24, 2.45) is 0 Å². The molecule has 0 bridgehead atoms. The number of hydrogen-bond donors (Lipinski definition) is 2. The smallest absolute Gasteiger partial charge is 0.237 e. The molecule has 0 amide bonds. The number of nitrogens with zero attached hydrogens (tertiary/aromatic N) is 5. The summed E-state index contributed by atoms with van der Waals surface area (Å²) in [4.78, 5) is 13.5. The molecule has 27 heavy (non-hydrogen) atoms. The minimum absolute atomic E-state index is 0.0874. The zero-order valence-electron chi connectivity index (χ0n) is 15.1. The Morgan fingerprint density at radius 1 is 1.33 bits per heavy atom. The topological polar surface area (TPSA) is 86.6 Å². The highest BCUT2D eigenvalue weighted by Gasteiger charge is 2.24. The van der Waals surface area contributed by atoms with Crippen molar-refractivity contribution >= 4 is 34.9 Å². The van der Waals surface area contributed by atoms with Crippen LogP contribution in [-0.4, -0.2) is 82.9 Å². The van der Waals surface area contributed by atoms with Crippen molar-refractivity contribution in [1.82, 2.24) is 19.2 Å². The largest absolute Gasteiger partial charge is 0.389 e. The summed E-state index contributed by atoms with van der Waals surface area (Å²) in [6.45, 7) is 4.82. The predicted molar refractivity (Wildman–Crippen MR) is 107 cm³/mol. The molecule has 0 aromatic carbocycles. The molecule has 2 aromatic heterocycles. The van der Waals surface area contributed by atoms with Gasteiger partial charge in [0.1, 0.15) is 10.8 Å². The van der Waals surface area contributed by atoms with Crippen LogP contribution in [0.3, 0.4) is 0 Å². The lowest BCUT2D eigenvalue weighted by Crippen LogP contribution is -2.44. The van der Waals surface area contributed by atoms with E-state index in [1.807, 2.05) is 6.07 Å². The first-order valence-corrected chi connectivity index (χ1v) is 10.2. The summed E-state index contributed by atoms with van der Waals surface area (Å²) in [6.07, 6.45) is 1.79. The molecule has 8 nitrogen and oxygen atoms in total. The summed E-state index contributed by atoms with van der Waals surface area (Å²) >= 11 is 7.72. The van der Waals surface area contributed by atoms with Gasteiger partial charge in [-0.15, -0.1) is 0 Å². The number of likely N-dealkylation sites (N-methyl/N-ethyl adjacent to an activating group) is 1. The van der Waals surface area contributed by atoms with Gasteiger partial charge in [0, 0.05) is 44.5 Å². The number of piperazine rings is 1. The molecule has 10 heteroatoms. The molecule has 0 saturated carbocycles. The Morgan fingerprint density at radius 3 is 2.93 bits per heavy atom. The van der Waals surface area contributed by atoms with E-state index < -0.39 is 6.10 Å². The minimum atomic E-state index is -0.551. The van der Waals surface area contributed by atoms with E-state index in [0.717, 1.165) is 49.1 Å². The van der Waals surface area contributed by atoms with Gasteiger partial charge in [-0.1, -0.05) is 11.6 Å². The first-order valence-electron chi connectivity index (χ1n) is 9.05. The van der Waals surface area contributed by atoms with E-state index in [1.165, 1.54) is 11.5 Å². The third-order valence-corrected chi connectivity index (χ3v) is 5.99. The van der Waals surface area contributed by atoms with Gasteiger partial charge in [-0.25, -0.2) is 4.98 Å². The Labute approximate surface area is 167 Å². The van der Waals surface area contributed by atoms with E-state index in [1.54, 1.807) is 6.20 Å². The summed E-state index contributed by atoms with van der Waals surface area (Å²) in [7, 11) is 2.12. The van der Waals surface area contributed by atoms with Gasteiger partial charge in [0.15, 0.2) is 0 Å². The van der Waals surface area contributed by atoms with E-state index in [4.69, 9.17) is 21.3 Å². The number of pyridine rings is 1. The third-order valence-electron chi connectivity index (χ3n) is 4.95. The molecular weight excluding hydrogens is 388 g/mol. The lowest BCUT2D eigenvalue weighted by atomic mass is 10.1. The van der Waals surface area contributed by atoms with Crippen LogP contribution in [0.2, 0.25) is 5.02 Å². The second-order valence-corrected chi connectivity index (χ2v) is 8.08. The van der Waals surface area contributed by atoms with Gasteiger partial charge in [0.05, 0.1) is 23.8 Å². The molecule has 0 unspecified atom stereocenters. The minimum Gasteiger partial charge on any atom is -0.389 e. The molecule has 4 rings (SSSR count). The Kier molecular flexibility index (Phi) is 5.74. The Morgan fingerprint density at radius 2 is 2.15 bits per heavy atom. The second kappa shape index (κ2) is 8.24. The van der Waals surface area contributed by atoms with Crippen molar-refractivity contribution in [3.05, 3.63) is 17.3 Å². The fourth-order valence-electron chi connectivity index (χ4n) is 3.22. The Bertz CT molecular complexity index is 783. The standard InChI is InChI=1S/C17H23ClN6O2S/c1-23-3-5-24(6-4-23)17-21-16(27-22-17)11-8-15(19-9-12(11)18)20-13-2-7-26-10-14(13)25/h8-9,13-14,25H,2-7,10H2,1H3,(H,19,20)/t13-,14-/m1/s1. The van der Waals surface area contributed by atoms with Crippen LogP contribution in [0.1, 0.15) is 6.42 Å². The normalized spacial score (nSPS) is 24.2. The number of rotatable bonds is 4. The molecule has 0 spiro atoms. The highest BCUT2D eigenvalue weighted by molar-refractivity contribution is 7.09. The molecule has 4 heterocycles. The molecular formula is C17H23ClN6O2S. The molecule has 0 aliphatic carbocycles. The van der Waals surface area contributed by atoms with Gasteiger partial charge in [0.25, 0.3) is 0 Å². The highest BCUT2D eigenvalue weighted by Crippen LogP contribution is 2.32. The Balaban J connectivity index is 1.51. The van der Waals surface area contributed by atoms with Gasteiger partial charge < -0.3 is 25.0 Å². The van der Waals surface area contributed by atoms with Crippen LogP contribution in [0, 0.1) is 0 Å². The van der Waals surface area contributed by atoms with Gasteiger partial charge in [0.2, 0.25) is 5.95 Å². The molecule has 2 atom stereocenters. The van der Waals surface area contributed by atoms with Crippen LogP contribution in [0.25, 0.3) is 10.6 Å². The number of hydrogen-bond acceptors (Lipinski definition) is 9. The number of anilines is 2. The average molecular weight is 411 g/mol. The molecule has 2 saturated heterocycles. The lowest BCUT2D eigenvalue weighted by molar-refractivity contribution is -0.0135. The van der Waals surface area contributed by atoms with Gasteiger partial charge in [-0.05, 0) is 31.1 Å². The fourth-order valence-corrected chi connectivity index (χ4v) is 4.19.